The summed E-state index contributed by atoms with van der Waals surface area (Å²) in [5.74, 6) is -0.525. The summed E-state index contributed by atoms with van der Waals surface area (Å²) >= 11 is 6.18. The molecule has 0 bridgehead atoms. The lowest BCUT2D eigenvalue weighted by molar-refractivity contribution is -0.117. The van der Waals surface area contributed by atoms with Crippen molar-refractivity contribution in [1.29, 1.82) is 0 Å². The van der Waals surface area contributed by atoms with Crippen LogP contribution in [0.15, 0.2) is 24.3 Å². The summed E-state index contributed by atoms with van der Waals surface area (Å²) in [6.07, 6.45) is 2.01. The minimum atomic E-state index is -0.362. The summed E-state index contributed by atoms with van der Waals surface area (Å²) in [6, 6.07) is 5.85. The molecule has 98 valence electrons. The largest absolute Gasteiger partial charge is 0.325 e. The second kappa shape index (κ2) is 5.24. The number of anilines is 1. The van der Waals surface area contributed by atoms with Crippen LogP contribution in [-0.2, 0) is 4.79 Å². The summed E-state index contributed by atoms with van der Waals surface area (Å²) in [4.78, 5) is 13.5. The number of hydrogen-bond donors (Lipinski definition) is 1. The number of alkyl halides is 1. The maximum Gasteiger partial charge on any atom is 0.238 e. The second-order valence-electron chi connectivity index (χ2n) is 4.88. The van der Waals surface area contributed by atoms with Gasteiger partial charge in [-0.25, -0.2) is 4.39 Å². The lowest BCUT2D eigenvalue weighted by atomic mass is 10.3. The highest BCUT2D eigenvalue weighted by Crippen LogP contribution is 2.42. The van der Waals surface area contributed by atoms with Gasteiger partial charge in [0.1, 0.15) is 5.82 Å². The second-order valence-corrected chi connectivity index (χ2v) is 5.68. The monoisotopic (exact) mass is 270 g/mol. The number of carbonyl (C=O) groups excluding carboxylic acids is 1. The van der Waals surface area contributed by atoms with Gasteiger partial charge in [0.05, 0.1) is 11.4 Å². The normalized spacial score (nSPS) is 16.7. The summed E-state index contributed by atoms with van der Waals surface area (Å²) < 4.78 is 12.9. The van der Waals surface area contributed by atoms with Gasteiger partial charge in [-0.1, -0.05) is 6.07 Å². The van der Waals surface area contributed by atoms with E-state index in [0.29, 0.717) is 12.2 Å². The first kappa shape index (κ1) is 13.3. The Balaban J connectivity index is 1.81. The van der Waals surface area contributed by atoms with E-state index in [2.05, 4.69) is 5.32 Å². The zero-order chi connectivity index (χ0) is 13.2. The number of nitrogens with one attached hydrogen (secondary N) is 1. The number of benzene rings is 1. The first-order valence-electron chi connectivity index (χ1n) is 5.90. The lowest BCUT2D eigenvalue weighted by Crippen LogP contribution is -2.34. The van der Waals surface area contributed by atoms with Crippen LogP contribution < -0.4 is 5.32 Å². The minimum absolute atomic E-state index is 0.131. The van der Waals surface area contributed by atoms with Crippen molar-refractivity contribution in [1.82, 2.24) is 4.90 Å². The van der Waals surface area contributed by atoms with Gasteiger partial charge in [-0.15, -0.1) is 11.6 Å². The van der Waals surface area contributed by atoms with Gasteiger partial charge in [0.15, 0.2) is 0 Å². The molecule has 0 aromatic heterocycles. The van der Waals surface area contributed by atoms with Crippen LogP contribution in [0, 0.1) is 5.82 Å². The van der Waals surface area contributed by atoms with Crippen molar-refractivity contribution >= 4 is 23.2 Å². The van der Waals surface area contributed by atoms with Crippen LogP contribution in [0.4, 0.5) is 10.1 Å². The molecule has 1 aliphatic carbocycles. The smallest absolute Gasteiger partial charge is 0.238 e. The Morgan fingerprint density at radius 3 is 2.89 bits per heavy atom. The van der Waals surface area contributed by atoms with Crippen LogP contribution in [-0.4, -0.2) is 35.8 Å². The van der Waals surface area contributed by atoms with Crippen molar-refractivity contribution in [2.75, 3.05) is 25.5 Å². The highest BCUT2D eigenvalue weighted by Gasteiger charge is 2.41. The Hall–Kier alpha value is -1.13. The van der Waals surface area contributed by atoms with Gasteiger partial charge in [-0.2, -0.15) is 0 Å². The van der Waals surface area contributed by atoms with E-state index in [9.17, 15) is 9.18 Å². The Morgan fingerprint density at radius 2 is 2.28 bits per heavy atom. The Labute approximate surface area is 111 Å². The molecule has 0 heterocycles. The van der Waals surface area contributed by atoms with Crippen molar-refractivity contribution in [3.05, 3.63) is 30.1 Å². The highest BCUT2D eigenvalue weighted by atomic mass is 35.5. The SMILES string of the molecule is CN(CC(=O)Nc1cccc(F)c1)CC1(Cl)CC1. The molecule has 2 rings (SSSR count). The van der Waals surface area contributed by atoms with E-state index in [1.165, 1.54) is 12.1 Å². The highest BCUT2D eigenvalue weighted by molar-refractivity contribution is 6.26. The molecule has 0 atom stereocenters. The van der Waals surface area contributed by atoms with E-state index < -0.39 is 0 Å². The Kier molecular flexibility index (Phi) is 3.88. The molecule has 0 unspecified atom stereocenters. The van der Waals surface area contributed by atoms with Crippen LogP contribution >= 0.6 is 11.6 Å². The first-order chi connectivity index (χ1) is 8.47. The molecule has 1 amide bonds. The van der Waals surface area contributed by atoms with E-state index in [0.717, 1.165) is 12.8 Å². The lowest BCUT2D eigenvalue weighted by Gasteiger charge is -2.18. The molecule has 0 spiro atoms. The molecular weight excluding hydrogens is 255 g/mol. The summed E-state index contributed by atoms with van der Waals surface area (Å²) in [6.45, 7) is 0.954. The van der Waals surface area contributed by atoms with Gasteiger partial charge < -0.3 is 5.32 Å². The topological polar surface area (TPSA) is 32.3 Å². The third-order valence-corrected chi connectivity index (χ3v) is 3.37. The Morgan fingerprint density at radius 1 is 1.56 bits per heavy atom. The van der Waals surface area contributed by atoms with Crippen molar-refractivity contribution < 1.29 is 9.18 Å². The van der Waals surface area contributed by atoms with Gasteiger partial charge in [-0.3, -0.25) is 9.69 Å². The molecular formula is C13H16ClFN2O. The van der Waals surface area contributed by atoms with Crippen LogP contribution in [0.25, 0.3) is 0 Å². The molecule has 1 saturated carbocycles. The van der Waals surface area contributed by atoms with Crippen molar-refractivity contribution in [2.45, 2.75) is 17.7 Å². The third kappa shape index (κ3) is 3.96. The zero-order valence-corrected chi connectivity index (χ0v) is 11.0. The predicted octanol–water partition coefficient (Wildman–Crippen LogP) is 2.47. The number of nitrogens with zero attached hydrogens (tertiary/aromatic N) is 1. The van der Waals surface area contributed by atoms with Crippen LogP contribution in [0.5, 0.6) is 0 Å². The Bertz CT molecular complexity index is 448. The number of amides is 1. The van der Waals surface area contributed by atoms with Crippen molar-refractivity contribution in [3.63, 3.8) is 0 Å². The number of hydrogen-bond acceptors (Lipinski definition) is 2. The van der Waals surface area contributed by atoms with Gasteiger partial charge in [0.2, 0.25) is 5.91 Å². The quantitative estimate of drug-likeness (QED) is 0.834. The van der Waals surface area contributed by atoms with Crippen molar-refractivity contribution in [2.24, 2.45) is 0 Å². The van der Waals surface area contributed by atoms with E-state index in [1.807, 2.05) is 11.9 Å². The average molecular weight is 271 g/mol. The summed E-state index contributed by atoms with van der Waals surface area (Å²) in [5, 5.41) is 2.66. The van der Waals surface area contributed by atoms with Crippen LogP contribution in [0.1, 0.15) is 12.8 Å². The summed E-state index contributed by atoms with van der Waals surface area (Å²) in [5.41, 5.74) is 0.473. The predicted molar refractivity (Wildman–Crippen MR) is 70.3 cm³/mol. The van der Waals surface area contributed by atoms with E-state index in [4.69, 9.17) is 11.6 Å². The molecule has 5 heteroatoms. The molecule has 1 aromatic rings. The zero-order valence-electron chi connectivity index (χ0n) is 10.2. The third-order valence-electron chi connectivity index (χ3n) is 2.87. The molecule has 3 nitrogen and oxygen atoms in total. The van der Waals surface area contributed by atoms with E-state index in [-0.39, 0.29) is 23.1 Å². The van der Waals surface area contributed by atoms with Gasteiger partial charge in [-0.05, 0) is 38.1 Å². The number of halogens is 2. The average Bonchev–Trinajstić information content (AvgIpc) is 2.94. The standard InChI is InChI=1S/C13H16ClFN2O/c1-17(9-13(14)5-6-13)8-12(18)16-11-4-2-3-10(15)7-11/h2-4,7H,5-6,8-9H2,1H3,(H,16,18). The van der Waals surface area contributed by atoms with Gasteiger partial charge in [0.25, 0.3) is 0 Å². The molecule has 0 radical (unpaired) electrons. The molecule has 18 heavy (non-hydrogen) atoms. The first-order valence-corrected chi connectivity index (χ1v) is 6.28. The van der Waals surface area contributed by atoms with Gasteiger partial charge in [0, 0.05) is 12.2 Å². The number of rotatable bonds is 5. The molecule has 1 aliphatic rings. The van der Waals surface area contributed by atoms with Crippen LogP contribution in [0.3, 0.4) is 0 Å². The molecule has 1 fully saturated rings. The van der Waals surface area contributed by atoms with E-state index in [1.54, 1.807) is 12.1 Å². The van der Waals surface area contributed by atoms with Crippen molar-refractivity contribution in [3.8, 4) is 0 Å². The molecule has 1 N–H and O–H groups in total. The number of likely N-dealkylation sites (N-methyl/N-ethyl adjacent to an activating group) is 1. The summed E-state index contributed by atoms with van der Waals surface area (Å²) in [7, 11) is 1.85. The van der Waals surface area contributed by atoms with Crippen LogP contribution in [0.2, 0.25) is 0 Å². The fraction of sp³-hybridized carbons (Fsp3) is 0.462. The number of carbonyl (C=O) groups is 1. The molecule has 0 saturated heterocycles. The van der Waals surface area contributed by atoms with E-state index >= 15 is 0 Å². The fourth-order valence-electron chi connectivity index (χ4n) is 1.85. The minimum Gasteiger partial charge on any atom is -0.325 e. The fourth-order valence-corrected chi connectivity index (χ4v) is 2.14. The molecule has 0 aliphatic heterocycles. The molecule has 1 aromatic carbocycles. The van der Waals surface area contributed by atoms with Gasteiger partial charge >= 0.3 is 0 Å². The maximum atomic E-state index is 12.9. The maximum absolute atomic E-state index is 12.9.